The molecule has 4 N–H and O–H groups in total. The Kier molecular flexibility index (Phi) is 24.3. The van der Waals surface area contributed by atoms with Gasteiger partial charge in [0.2, 0.25) is 0 Å². The molecule has 0 fully saturated rings. The second-order valence-electron chi connectivity index (χ2n) is 14.3. The van der Waals surface area contributed by atoms with E-state index in [9.17, 15) is 0 Å². The number of fused-ring (bicyclic) bond motifs is 2. The fourth-order valence-electron chi connectivity index (χ4n) is 7.60. The molecule has 6 rings (SSSR count). The number of rotatable bonds is 7. The third-order valence-electron chi connectivity index (χ3n) is 10.5. The normalized spacial score (nSPS) is 11.6. The van der Waals surface area contributed by atoms with Crippen LogP contribution < -0.4 is 22.1 Å². The second kappa shape index (κ2) is 30.7. The fraction of sp³-hybridized carbons (Fsp3) is 0.186. The second-order valence-corrected chi connectivity index (χ2v) is 20.5. The molecule has 0 bridgehead atoms. The zero-order valence-electron chi connectivity index (χ0n) is 36.2. The molecular weight excluding hydrogens is 971 g/mol. The molecule has 0 saturated carbocycles. The van der Waals surface area contributed by atoms with Crippen LogP contribution in [0.3, 0.4) is 0 Å². The maximum atomic E-state index is 6.15. The van der Waals surface area contributed by atoms with Crippen LogP contribution in [0.4, 0.5) is 0 Å². The van der Waals surface area contributed by atoms with Gasteiger partial charge < -0.3 is 11.5 Å². The van der Waals surface area contributed by atoms with Crippen molar-refractivity contribution in [3.8, 4) is 143 Å². The Labute approximate surface area is 411 Å². The van der Waals surface area contributed by atoms with Gasteiger partial charge in [0, 0.05) is 77.0 Å². The summed E-state index contributed by atoms with van der Waals surface area (Å²) in [5.41, 5.74) is 36.0. The first-order valence-corrected chi connectivity index (χ1v) is 28.2. The van der Waals surface area contributed by atoms with Crippen molar-refractivity contribution in [3.05, 3.63) is 129 Å². The van der Waals surface area contributed by atoms with Gasteiger partial charge in [0.1, 0.15) is 33.3 Å². The summed E-state index contributed by atoms with van der Waals surface area (Å²) in [5.74, 6) is 42.6. The molecule has 0 radical (unpaired) electrons. The van der Waals surface area contributed by atoms with Crippen molar-refractivity contribution in [3.63, 3.8) is 0 Å². The summed E-state index contributed by atoms with van der Waals surface area (Å²) >= 11 is -0.346. The predicted octanol–water partition coefficient (Wildman–Crippen LogP) is 8.87. The molecule has 0 amide bonds. The van der Waals surface area contributed by atoms with Crippen molar-refractivity contribution >= 4 is 45.8 Å². The number of aryl methyl sites for hydroxylation is 2. The summed E-state index contributed by atoms with van der Waals surface area (Å²) in [6.07, 6.45) is 30.8. The van der Waals surface area contributed by atoms with Crippen LogP contribution in [0.5, 0.6) is 0 Å². The van der Waals surface area contributed by atoms with Crippen molar-refractivity contribution in [2.75, 3.05) is 0 Å². The van der Waals surface area contributed by atoms with E-state index >= 15 is 0 Å². The zero-order valence-corrected chi connectivity index (χ0v) is 41.4. The average molecular weight is 1010 g/mol. The van der Waals surface area contributed by atoms with Crippen LogP contribution in [-0.4, -0.2) is 0 Å². The summed E-state index contributed by atoms with van der Waals surface area (Å²) in [5, 5.41) is 2.29. The number of hydrogen-bond acceptors (Lipinski definition) is 2. The molecule has 66 heavy (non-hydrogen) atoms. The zero-order chi connectivity index (χ0) is 47.2. The molecule has 0 spiro atoms. The summed E-state index contributed by atoms with van der Waals surface area (Å²) in [6, 6.07) is 28.5. The predicted molar refractivity (Wildman–Crippen MR) is 281 cm³/mol. The van der Waals surface area contributed by atoms with Crippen molar-refractivity contribution in [1.29, 1.82) is 0 Å². The maximum absolute atomic E-state index is 6.15. The van der Waals surface area contributed by atoms with Crippen molar-refractivity contribution in [2.24, 2.45) is 11.5 Å². The van der Waals surface area contributed by atoms with Crippen LogP contribution in [0, 0.1) is 143 Å². The van der Waals surface area contributed by atoms with Crippen LogP contribution in [0.2, 0.25) is 0 Å². The van der Waals surface area contributed by atoms with E-state index in [1.807, 2.05) is 60.7 Å². The van der Waals surface area contributed by atoms with E-state index in [-0.39, 0.29) is 27.2 Å². The average Bonchev–Trinajstić information content (AvgIpc) is 3.36. The molecule has 2 atom stereocenters. The van der Waals surface area contributed by atoms with Crippen LogP contribution in [0.15, 0.2) is 84.9 Å². The van der Waals surface area contributed by atoms with Crippen LogP contribution in [0.1, 0.15) is 82.3 Å². The van der Waals surface area contributed by atoms with Gasteiger partial charge in [-0.05, 0) is 144 Å². The summed E-state index contributed by atoms with van der Waals surface area (Å²) < 4.78 is 0. The SMILES string of the molecule is C#CC#CC#C[PH+](C#CC#CC#C)c1ccc2c(c1Cc1c([PH+](C#CC#CC#C)C#CC#CC#C)ccc3c1CCCC3)CCCC2.NC(c1ccccc1)C(N)c1ccccc1.[Cl][Ru+2][Cl]. The monoisotopic (exact) mass is 1010 g/mol. The minimum atomic E-state index is -1.74. The third kappa shape index (κ3) is 16.5. The Balaban J connectivity index is 0.000000414. The van der Waals surface area contributed by atoms with Gasteiger partial charge >= 0.3 is 34.5 Å². The summed E-state index contributed by atoms with van der Waals surface area (Å²) in [7, 11) is 6.22. The van der Waals surface area contributed by atoms with E-state index in [4.69, 9.17) is 56.5 Å². The van der Waals surface area contributed by atoms with Gasteiger partial charge in [-0.1, -0.05) is 72.8 Å². The quantitative estimate of drug-likeness (QED) is 0.111. The van der Waals surface area contributed by atoms with Crippen molar-refractivity contribution in [1.82, 2.24) is 0 Å². The molecule has 0 heterocycles. The van der Waals surface area contributed by atoms with E-state index in [0.29, 0.717) is 0 Å². The Morgan fingerprint density at radius 1 is 0.455 bits per heavy atom. The van der Waals surface area contributed by atoms with Crippen LogP contribution in [0.25, 0.3) is 0 Å². The molecule has 0 aromatic heterocycles. The molecule has 2 aliphatic carbocycles. The van der Waals surface area contributed by atoms with Gasteiger partial charge in [-0.3, -0.25) is 0 Å². The van der Waals surface area contributed by atoms with Gasteiger partial charge in [0.25, 0.3) is 0 Å². The number of halogens is 2. The molecule has 7 heteroatoms. The molecule has 318 valence electrons. The number of hydrogen-bond donors (Lipinski definition) is 2. The van der Waals surface area contributed by atoms with Crippen LogP contribution in [-0.2, 0) is 47.2 Å². The van der Waals surface area contributed by atoms with E-state index in [1.165, 1.54) is 46.2 Å². The molecule has 2 unspecified atom stereocenters. The number of benzene rings is 4. The fourth-order valence-corrected chi connectivity index (χ4v) is 10.6. The van der Waals surface area contributed by atoms with E-state index in [1.54, 1.807) is 0 Å². The van der Waals surface area contributed by atoms with E-state index in [0.717, 1.165) is 66.7 Å². The van der Waals surface area contributed by atoms with E-state index in [2.05, 4.69) is 142 Å². The Morgan fingerprint density at radius 2 is 0.773 bits per heavy atom. The van der Waals surface area contributed by atoms with Gasteiger partial charge in [0.05, 0.1) is 0 Å². The summed E-state index contributed by atoms with van der Waals surface area (Å²) in [4.78, 5) is 0. The van der Waals surface area contributed by atoms with Crippen molar-refractivity contribution < 1.29 is 15.1 Å². The molecule has 2 aliphatic rings. The Bertz CT molecular complexity index is 2750. The van der Waals surface area contributed by atoms with Gasteiger partial charge in [-0.2, -0.15) is 0 Å². The van der Waals surface area contributed by atoms with Gasteiger partial charge in [-0.15, -0.1) is 25.7 Å². The van der Waals surface area contributed by atoms with Gasteiger partial charge in [0.15, 0.2) is 15.8 Å². The molecular formula is C59H44Cl2N2P2Ru+4. The van der Waals surface area contributed by atoms with Crippen LogP contribution >= 0.6 is 35.2 Å². The topological polar surface area (TPSA) is 52.0 Å². The van der Waals surface area contributed by atoms with Gasteiger partial charge in [-0.25, -0.2) is 0 Å². The first-order valence-electron chi connectivity index (χ1n) is 20.8. The molecule has 4 aromatic rings. The number of terminal acetylenes is 4. The standard InChI is InChI=1S/C45H26P2.C14H16N2.2ClH.Ru/c1-5-9-13-21-33-46(34-22-14-10-6-2)44-31-29-38-25-17-19-27-40(38)42(44)37-43-41-28-20-18-26-39(41)30-32-45(43)47(35-23-15-11-7-3)36-24-16-12-8-4;15-13(11-7-3-1-4-8-11)14(16)12-9-5-2-6-10-12;;;/h1-4,29-32H,17-20,25-28,37H2;1-10,13-14H,15-16H2;2*1H;/q;;;;+4. The molecule has 0 aliphatic heterocycles. The Morgan fingerprint density at radius 3 is 1.09 bits per heavy atom. The molecule has 0 saturated heterocycles. The Hall–Kier alpha value is -6.42. The molecule has 4 aromatic carbocycles. The minimum absolute atomic E-state index is 0.163. The summed E-state index contributed by atoms with van der Waals surface area (Å²) in [6.45, 7) is 0. The number of nitrogens with two attached hydrogens (primary N) is 2. The third-order valence-corrected chi connectivity index (χ3v) is 14.0. The van der Waals surface area contributed by atoms with E-state index < -0.39 is 15.8 Å². The molecule has 2 nitrogen and oxygen atoms in total. The first-order chi connectivity index (χ1) is 32.4. The first kappa shape index (κ1) is 52.2. The van der Waals surface area contributed by atoms with Crippen molar-refractivity contribution in [2.45, 2.75) is 69.9 Å².